The quantitative estimate of drug-likeness (QED) is 0.204. The van der Waals surface area contributed by atoms with Gasteiger partial charge in [0.1, 0.15) is 17.0 Å². The molecule has 0 bridgehead atoms. The van der Waals surface area contributed by atoms with Gasteiger partial charge in [0.25, 0.3) is 11.5 Å². The van der Waals surface area contributed by atoms with Crippen molar-refractivity contribution in [2.24, 2.45) is 4.99 Å². The molecule has 1 saturated heterocycles. The minimum atomic E-state index is -0.543. The van der Waals surface area contributed by atoms with Gasteiger partial charge in [0, 0.05) is 43.8 Å². The van der Waals surface area contributed by atoms with Gasteiger partial charge in [0.2, 0.25) is 0 Å². The van der Waals surface area contributed by atoms with E-state index in [0.717, 1.165) is 59.9 Å². The summed E-state index contributed by atoms with van der Waals surface area (Å²) in [7, 11) is 0. The van der Waals surface area contributed by atoms with E-state index in [9.17, 15) is 14.8 Å². The lowest BCUT2D eigenvalue weighted by Crippen LogP contribution is -2.50. The van der Waals surface area contributed by atoms with Crippen LogP contribution in [0.4, 0.5) is 16.4 Å². The predicted octanol–water partition coefficient (Wildman–Crippen LogP) is 5.33. The van der Waals surface area contributed by atoms with Gasteiger partial charge in [0.15, 0.2) is 5.49 Å². The molecule has 3 aromatic heterocycles. The SMILES string of the molecule is C=C(OCCCC)c1c(C)c2cnc(N=c3ccc(N4CCN(C(=O)OC(C)(C)C)CC4)cn3O)nc2n(C2CCCC2)c1=O. The standard InChI is InChI=1S/C33H45N7O5/c1-7-8-19-44-23(3)28-22(2)26-20-34-31(36-29(26)40(30(28)41)24-11-9-10-12-24)35-27-14-13-25(21-39(27)43)37-15-17-38(18-16-37)32(42)45-33(4,5)6/h13-14,20-21,24,43H,3,7-12,15-19H2,1-2,4-6H3. The van der Waals surface area contributed by atoms with Crippen molar-refractivity contribution in [1.29, 1.82) is 0 Å². The van der Waals surface area contributed by atoms with Crippen molar-refractivity contribution in [3.63, 3.8) is 0 Å². The van der Waals surface area contributed by atoms with Crippen molar-refractivity contribution >= 4 is 34.5 Å². The molecule has 12 nitrogen and oxygen atoms in total. The molecule has 1 aliphatic carbocycles. The highest BCUT2D eigenvalue weighted by atomic mass is 16.6. The summed E-state index contributed by atoms with van der Waals surface area (Å²) in [4.78, 5) is 43.9. The molecule has 1 N–H and O–H groups in total. The Bertz CT molecular complexity index is 1690. The minimum absolute atomic E-state index is 0.0170. The second-order valence-corrected chi connectivity index (χ2v) is 12.8. The number of pyridine rings is 2. The Hall–Kier alpha value is -4.35. The van der Waals surface area contributed by atoms with Gasteiger partial charge in [0.05, 0.1) is 24.1 Å². The van der Waals surface area contributed by atoms with Crippen LogP contribution in [-0.2, 0) is 9.47 Å². The largest absolute Gasteiger partial charge is 0.493 e. The molecule has 242 valence electrons. The molecule has 45 heavy (non-hydrogen) atoms. The van der Waals surface area contributed by atoms with Crippen LogP contribution < -0.4 is 15.9 Å². The minimum Gasteiger partial charge on any atom is -0.493 e. The van der Waals surface area contributed by atoms with E-state index in [1.807, 2.05) is 33.8 Å². The molecule has 0 radical (unpaired) electrons. The molecule has 2 fully saturated rings. The average Bonchev–Trinajstić information content (AvgIpc) is 3.52. The van der Waals surface area contributed by atoms with Gasteiger partial charge < -0.3 is 24.5 Å². The van der Waals surface area contributed by atoms with Gasteiger partial charge in [-0.2, -0.15) is 14.7 Å². The van der Waals surface area contributed by atoms with Crippen molar-refractivity contribution in [3.8, 4) is 0 Å². The molecule has 2 aliphatic rings. The van der Waals surface area contributed by atoms with Crippen LogP contribution in [0.1, 0.15) is 83.4 Å². The summed E-state index contributed by atoms with van der Waals surface area (Å²) in [5.74, 6) is 0.515. The van der Waals surface area contributed by atoms with Crippen molar-refractivity contribution < 1.29 is 19.5 Å². The number of ether oxygens (including phenoxy) is 2. The fraction of sp³-hybridized carbons (Fsp3) is 0.545. The summed E-state index contributed by atoms with van der Waals surface area (Å²) in [5, 5.41) is 11.6. The summed E-state index contributed by atoms with van der Waals surface area (Å²) in [5.41, 5.74) is 2.04. The van der Waals surface area contributed by atoms with Crippen LogP contribution in [0.3, 0.4) is 0 Å². The Labute approximate surface area is 263 Å². The summed E-state index contributed by atoms with van der Waals surface area (Å²) in [6.07, 6.45) is 8.69. The third-order valence-corrected chi connectivity index (χ3v) is 8.34. The first-order valence-electron chi connectivity index (χ1n) is 15.9. The number of carbonyl (C=O) groups excluding carboxylic acids is 1. The first kappa shape index (κ1) is 32.1. The molecular weight excluding hydrogens is 574 g/mol. The number of anilines is 1. The van der Waals surface area contributed by atoms with E-state index in [2.05, 4.69) is 28.4 Å². The fourth-order valence-corrected chi connectivity index (χ4v) is 5.94. The number of hydrogen-bond donors (Lipinski definition) is 1. The molecule has 12 heteroatoms. The second-order valence-electron chi connectivity index (χ2n) is 12.8. The van der Waals surface area contributed by atoms with Gasteiger partial charge in [-0.25, -0.2) is 9.78 Å². The Morgan fingerprint density at radius 3 is 2.51 bits per heavy atom. The van der Waals surface area contributed by atoms with E-state index in [1.54, 1.807) is 27.9 Å². The number of carbonyl (C=O) groups is 1. The number of fused-ring (bicyclic) bond motifs is 1. The zero-order valence-corrected chi connectivity index (χ0v) is 27.1. The number of nitrogens with zero attached hydrogens (tertiary/aromatic N) is 7. The van der Waals surface area contributed by atoms with Gasteiger partial charge >= 0.3 is 6.09 Å². The molecule has 1 saturated carbocycles. The zero-order valence-electron chi connectivity index (χ0n) is 27.1. The lowest BCUT2D eigenvalue weighted by molar-refractivity contribution is 0.0240. The average molecular weight is 620 g/mol. The number of amides is 1. The van der Waals surface area contributed by atoms with Crippen LogP contribution in [0, 0.1) is 6.92 Å². The van der Waals surface area contributed by atoms with Gasteiger partial charge in [-0.15, -0.1) is 0 Å². The van der Waals surface area contributed by atoms with E-state index in [1.165, 1.54) is 0 Å². The lowest BCUT2D eigenvalue weighted by atomic mass is 10.0. The van der Waals surface area contributed by atoms with Crippen molar-refractivity contribution in [2.75, 3.05) is 37.7 Å². The van der Waals surface area contributed by atoms with E-state index >= 15 is 0 Å². The highest BCUT2D eigenvalue weighted by molar-refractivity contribution is 5.84. The van der Waals surface area contributed by atoms with Crippen molar-refractivity contribution in [2.45, 2.75) is 84.8 Å². The van der Waals surface area contributed by atoms with E-state index in [0.29, 0.717) is 49.8 Å². The number of piperazine rings is 1. The Kier molecular flexibility index (Phi) is 9.50. The third-order valence-electron chi connectivity index (χ3n) is 8.34. The maximum Gasteiger partial charge on any atom is 0.410 e. The van der Waals surface area contributed by atoms with Crippen LogP contribution in [-0.4, -0.2) is 73.9 Å². The summed E-state index contributed by atoms with van der Waals surface area (Å²) >= 11 is 0. The lowest BCUT2D eigenvalue weighted by Gasteiger charge is -2.36. The van der Waals surface area contributed by atoms with Crippen LogP contribution >= 0.6 is 0 Å². The third kappa shape index (κ3) is 7.15. The van der Waals surface area contributed by atoms with Crippen LogP contribution in [0.25, 0.3) is 16.8 Å². The molecular formula is C33H45N7O5. The number of aromatic nitrogens is 4. The molecule has 1 amide bonds. The Balaban J connectivity index is 1.43. The van der Waals surface area contributed by atoms with Gasteiger partial charge in [-0.1, -0.05) is 32.8 Å². The molecule has 3 aromatic rings. The van der Waals surface area contributed by atoms with Crippen LogP contribution in [0.5, 0.6) is 0 Å². The fourth-order valence-electron chi connectivity index (χ4n) is 5.94. The summed E-state index contributed by atoms with van der Waals surface area (Å²) < 4.78 is 14.1. The van der Waals surface area contributed by atoms with Gasteiger partial charge in [-0.05, 0) is 64.7 Å². The first-order valence-corrected chi connectivity index (χ1v) is 15.9. The number of aryl methyl sites for hydroxylation is 1. The summed E-state index contributed by atoms with van der Waals surface area (Å²) in [6.45, 7) is 16.3. The van der Waals surface area contributed by atoms with Gasteiger partial charge in [-0.3, -0.25) is 9.36 Å². The number of rotatable bonds is 8. The molecule has 5 rings (SSSR count). The molecule has 4 heterocycles. The topological polar surface area (TPSA) is 127 Å². The maximum atomic E-state index is 13.9. The zero-order chi connectivity index (χ0) is 32.3. The highest BCUT2D eigenvalue weighted by Crippen LogP contribution is 2.33. The van der Waals surface area contributed by atoms with Crippen LogP contribution in [0.15, 0.2) is 40.9 Å². The Morgan fingerprint density at radius 1 is 1.16 bits per heavy atom. The molecule has 0 atom stereocenters. The smallest absolute Gasteiger partial charge is 0.410 e. The number of unbranched alkanes of at least 4 members (excludes halogenated alkanes) is 1. The van der Waals surface area contributed by atoms with Crippen LogP contribution in [0.2, 0.25) is 0 Å². The highest BCUT2D eigenvalue weighted by Gasteiger charge is 2.27. The second kappa shape index (κ2) is 13.3. The molecule has 1 aliphatic heterocycles. The van der Waals surface area contributed by atoms with E-state index < -0.39 is 5.60 Å². The summed E-state index contributed by atoms with van der Waals surface area (Å²) in [6, 6.07) is 3.58. The molecule has 0 aromatic carbocycles. The van der Waals surface area contributed by atoms with Crippen molar-refractivity contribution in [3.05, 3.63) is 58.1 Å². The van der Waals surface area contributed by atoms with E-state index in [4.69, 9.17) is 14.5 Å². The molecule has 0 unspecified atom stereocenters. The first-order chi connectivity index (χ1) is 21.5. The Morgan fingerprint density at radius 2 is 1.87 bits per heavy atom. The number of hydrogen-bond acceptors (Lipinski definition) is 9. The molecule has 0 spiro atoms. The predicted molar refractivity (Wildman–Crippen MR) is 173 cm³/mol. The monoisotopic (exact) mass is 619 g/mol. The van der Waals surface area contributed by atoms with E-state index in [-0.39, 0.29) is 29.1 Å². The van der Waals surface area contributed by atoms with Crippen molar-refractivity contribution in [1.82, 2.24) is 24.2 Å². The maximum absolute atomic E-state index is 13.9. The normalized spacial score (nSPS) is 16.4.